The van der Waals surface area contributed by atoms with Crippen molar-refractivity contribution in [3.63, 3.8) is 0 Å². The number of aryl methyl sites for hydroxylation is 1. The Bertz CT molecular complexity index is 1240. The third kappa shape index (κ3) is 2.87. The molecule has 130 valence electrons. The molecule has 5 rings (SSSR count). The number of nitrogens with zero attached hydrogens (tertiary/aromatic N) is 3. The van der Waals surface area contributed by atoms with Crippen LogP contribution < -0.4 is 0 Å². The first-order valence-electron chi connectivity index (χ1n) is 9.16. The van der Waals surface area contributed by atoms with Crippen LogP contribution in [0.2, 0.25) is 0 Å². The summed E-state index contributed by atoms with van der Waals surface area (Å²) in [5, 5.41) is 7.18. The fourth-order valence-electron chi connectivity index (χ4n) is 3.55. The zero-order valence-corrected chi connectivity index (χ0v) is 15.1. The van der Waals surface area contributed by atoms with Gasteiger partial charge in [-0.05, 0) is 17.9 Å². The Hall–Kier alpha value is -3.46. The van der Waals surface area contributed by atoms with Crippen molar-refractivity contribution < 1.29 is 0 Å². The second kappa shape index (κ2) is 6.36. The zero-order chi connectivity index (χ0) is 18.2. The van der Waals surface area contributed by atoms with Crippen molar-refractivity contribution in [2.24, 2.45) is 0 Å². The fraction of sp³-hybridized carbons (Fsp3) is 0.0833. The van der Waals surface area contributed by atoms with Crippen LogP contribution in [0.5, 0.6) is 0 Å². The summed E-state index contributed by atoms with van der Waals surface area (Å²) in [5.41, 5.74) is 5.69. The standard InChI is InChI=1S/C24H19N3/c1-17-11-13-19(14-12-17)23-25-24-22(15-18-7-3-2-4-8-18)21-10-6-5-9-20(21)16-27(24)26-23/h2-14,16H,15H2,1H3. The van der Waals surface area contributed by atoms with Gasteiger partial charge in [0.1, 0.15) is 0 Å². The van der Waals surface area contributed by atoms with Crippen molar-refractivity contribution in [2.75, 3.05) is 0 Å². The van der Waals surface area contributed by atoms with E-state index in [-0.39, 0.29) is 0 Å². The summed E-state index contributed by atoms with van der Waals surface area (Å²) in [6.45, 7) is 2.09. The van der Waals surface area contributed by atoms with Crippen LogP contribution in [0.1, 0.15) is 16.7 Å². The summed E-state index contributed by atoms with van der Waals surface area (Å²) in [4.78, 5) is 4.91. The van der Waals surface area contributed by atoms with Crippen molar-refractivity contribution in [3.8, 4) is 11.4 Å². The molecule has 3 nitrogen and oxygen atoms in total. The van der Waals surface area contributed by atoms with E-state index in [2.05, 4.69) is 92.0 Å². The van der Waals surface area contributed by atoms with Crippen LogP contribution in [0.3, 0.4) is 0 Å². The highest BCUT2D eigenvalue weighted by molar-refractivity contribution is 5.90. The van der Waals surface area contributed by atoms with E-state index in [0.717, 1.165) is 23.5 Å². The molecule has 0 aliphatic rings. The smallest absolute Gasteiger partial charge is 0.182 e. The average molecular weight is 349 g/mol. The highest BCUT2D eigenvalue weighted by Crippen LogP contribution is 2.27. The summed E-state index contributed by atoms with van der Waals surface area (Å²) in [6, 6.07) is 27.4. The molecule has 0 atom stereocenters. The number of rotatable bonds is 3. The SMILES string of the molecule is Cc1ccc(-c2nc3c(Cc4ccccc4)c4ccccc4cn3n2)cc1. The highest BCUT2D eigenvalue weighted by atomic mass is 15.3. The van der Waals surface area contributed by atoms with E-state index >= 15 is 0 Å². The van der Waals surface area contributed by atoms with Gasteiger partial charge < -0.3 is 0 Å². The summed E-state index contributed by atoms with van der Waals surface area (Å²) in [6.07, 6.45) is 2.90. The maximum atomic E-state index is 4.91. The molecule has 0 saturated heterocycles. The number of benzene rings is 3. The molecule has 0 spiro atoms. The van der Waals surface area contributed by atoms with Crippen LogP contribution in [0.15, 0.2) is 85.1 Å². The lowest BCUT2D eigenvalue weighted by molar-refractivity contribution is 0.965. The molecule has 27 heavy (non-hydrogen) atoms. The lowest BCUT2D eigenvalue weighted by Crippen LogP contribution is -1.97. The third-order valence-corrected chi connectivity index (χ3v) is 4.98. The molecule has 0 fully saturated rings. The first-order valence-corrected chi connectivity index (χ1v) is 9.16. The number of pyridine rings is 1. The van der Waals surface area contributed by atoms with E-state index in [9.17, 15) is 0 Å². The van der Waals surface area contributed by atoms with Crippen LogP contribution in [0.25, 0.3) is 27.8 Å². The molecule has 0 aliphatic heterocycles. The molecule has 0 aliphatic carbocycles. The Morgan fingerprint density at radius 3 is 2.37 bits per heavy atom. The highest BCUT2D eigenvalue weighted by Gasteiger charge is 2.14. The molecule has 2 aromatic heterocycles. The second-order valence-corrected chi connectivity index (χ2v) is 6.93. The molecule has 3 aromatic carbocycles. The molecule has 5 aromatic rings. The Labute approximate surface area is 157 Å². The predicted molar refractivity (Wildman–Crippen MR) is 110 cm³/mol. The quantitative estimate of drug-likeness (QED) is 0.434. The van der Waals surface area contributed by atoms with Crippen LogP contribution >= 0.6 is 0 Å². The van der Waals surface area contributed by atoms with Crippen molar-refractivity contribution in [2.45, 2.75) is 13.3 Å². The van der Waals surface area contributed by atoms with Crippen LogP contribution in [0.4, 0.5) is 0 Å². The maximum absolute atomic E-state index is 4.91. The van der Waals surface area contributed by atoms with Gasteiger partial charge >= 0.3 is 0 Å². The van der Waals surface area contributed by atoms with Crippen LogP contribution in [-0.2, 0) is 6.42 Å². The van der Waals surface area contributed by atoms with Gasteiger partial charge in [0.2, 0.25) is 0 Å². The Kier molecular flexibility index (Phi) is 3.72. The lowest BCUT2D eigenvalue weighted by atomic mass is 10.0. The average Bonchev–Trinajstić information content (AvgIpc) is 3.13. The number of hydrogen-bond donors (Lipinski definition) is 0. The molecule has 0 amide bonds. The Balaban J connectivity index is 1.74. The van der Waals surface area contributed by atoms with E-state index in [4.69, 9.17) is 10.1 Å². The van der Waals surface area contributed by atoms with Gasteiger partial charge in [-0.25, -0.2) is 9.50 Å². The van der Waals surface area contributed by atoms with Crippen molar-refractivity contribution in [1.82, 2.24) is 14.6 Å². The molecular weight excluding hydrogens is 330 g/mol. The van der Waals surface area contributed by atoms with Crippen molar-refractivity contribution in [1.29, 1.82) is 0 Å². The third-order valence-electron chi connectivity index (χ3n) is 4.98. The first kappa shape index (κ1) is 15.8. The summed E-state index contributed by atoms with van der Waals surface area (Å²) in [5.74, 6) is 0.764. The summed E-state index contributed by atoms with van der Waals surface area (Å²) >= 11 is 0. The van der Waals surface area contributed by atoms with Gasteiger partial charge in [-0.2, -0.15) is 0 Å². The Morgan fingerprint density at radius 2 is 1.56 bits per heavy atom. The fourth-order valence-corrected chi connectivity index (χ4v) is 3.55. The monoisotopic (exact) mass is 349 g/mol. The molecule has 3 heteroatoms. The predicted octanol–water partition coefficient (Wildman–Crippen LogP) is 5.45. The van der Waals surface area contributed by atoms with Crippen LogP contribution in [-0.4, -0.2) is 14.6 Å². The summed E-state index contributed by atoms with van der Waals surface area (Å²) in [7, 11) is 0. The molecule has 0 bridgehead atoms. The minimum Gasteiger partial charge on any atom is -0.220 e. The van der Waals surface area contributed by atoms with Gasteiger partial charge in [0.05, 0.1) is 0 Å². The van der Waals surface area contributed by atoms with Crippen molar-refractivity contribution >= 4 is 16.4 Å². The van der Waals surface area contributed by atoms with E-state index in [1.165, 1.54) is 27.5 Å². The molecular formula is C24H19N3. The van der Waals surface area contributed by atoms with Crippen molar-refractivity contribution in [3.05, 3.63) is 102 Å². The van der Waals surface area contributed by atoms with Gasteiger partial charge in [0.25, 0.3) is 0 Å². The van der Waals surface area contributed by atoms with Gasteiger partial charge in [-0.3, -0.25) is 0 Å². The van der Waals surface area contributed by atoms with E-state index < -0.39 is 0 Å². The minimum atomic E-state index is 0.764. The Morgan fingerprint density at radius 1 is 0.815 bits per heavy atom. The molecule has 0 unspecified atom stereocenters. The lowest BCUT2D eigenvalue weighted by Gasteiger charge is -2.08. The molecule has 2 heterocycles. The number of hydrogen-bond acceptors (Lipinski definition) is 2. The molecule has 0 N–H and O–H groups in total. The van der Waals surface area contributed by atoms with E-state index in [1.54, 1.807) is 0 Å². The van der Waals surface area contributed by atoms with Gasteiger partial charge in [0.15, 0.2) is 11.5 Å². The molecule has 0 radical (unpaired) electrons. The largest absolute Gasteiger partial charge is 0.220 e. The van der Waals surface area contributed by atoms with Crippen LogP contribution in [0, 0.1) is 6.92 Å². The van der Waals surface area contributed by atoms with Gasteiger partial charge in [-0.15, -0.1) is 5.10 Å². The van der Waals surface area contributed by atoms with E-state index in [1.807, 2.05) is 4.52 Å². The minimum absolute atomic E-state index is 0.764. The molecule has 0 saturated carbocycles. The van der Waals surface area contributed by atoms with Gasteiger partial charge in [-0.1, -0.05) is 84.4 Å². The first-order chi connectivity index (χ1) is 13.3. The second-order valence-electron chi connectivity index (χ2n) is 6.93. The van der Waals surface area contributed by atoms with E-state index in [0.29, 0.717) is 0 Å². The normalized spacial score (nSPS) is 11.3. The topological polar surface area (TPSA) is 30.2 Å². The number of aromatic nitrogens is 3. The number of fused-ring (bicyclic) bond motifs is 2. The summed E-state index contributed by atoms with van der Waals surface area (Å²) < 4.78 is 1.93. The maximum Gasteiger partial charge on any atom is 0.182 e. The zero-order valence-electron chi connectivity index (χ0n) is 15.1. The van der Waals surface area contributed by atoms with Gasteiger partial charge in [0, 0.05) is 29.1 Å².